The van der Waals surface area contributed by atoms with Crippen LogP contribution < -0.4 is 11.1 Å². The fourth-order valence-corrected chi connectivity index (χ4v) is 1.41. The van der Waals surface area contributed by atoms with E-state index in [2.05, 4.69) is 24.1 Å². The first-order valence-corrected chi connectivity index (χ1v) is 6.37. The van der Waals surface area contributed by atoms with E-state index in [9.17, 15) is 0 Å². The molecule has 0 bridgehead atoms. The van der Waals surface area contributed by atoms with Crippen LogP contribution in [0.25, 0.3) is 0 Å². The van der Waals surface area contributed by atoms with Crippen LogP contribution in [0, 0.1) is 0 Å². The fraction of sp³-hybridized carbons (Fsp3) is 0.909. The molecule has 0 saturated carbocycles. The van der Waals surface area contributed by atoms with Crippen molar-refractivity contribution in [2.45, 2.75) is 40.5 Å². The lowest BCUT2D eigenvalue weighted by Gasteiger charge is -2.20. The van der Waals surface area contributed by atoms with Gasteiger partial charge in [-0.15, -0.1) is 0 Å². The molecule has 0 fully saturated rings. The predicted molar refractivity (Wildman–Crippen MR) is 73.2 cm³/mol. The molecule has 0 aliphatic carbocycles. The minimum absolute atomic E-state index is 0.396. The molecule has 0 aliphatic rings. The SMILES string of the molecule is CC.CCCN(CCC)CCNC(N)=S. The first-order valence-electron chi connectivity index (χ1n) is 5.96. The first-order chi connectivity index (χ1) is 7.20. The summed E-state index contributed by atoms with van der Waals surface area (Å²) < 4.78 is 0. The third-order valence-corrected chi connectivity index (χ3v) is 1.95. The molecule has 3 N–H and O–H groups in total. The zero-order chi connectivity index (χ0) is 12.1. The second-order valence-corrected chi connectivity index (χ2v) is 3.57. The number of hydrogen-bond donors (Lipinski definition) is 2. The predicted octanol–water partition coefficient (Wildman–Crippen LogP) is 1.97. The van der Waals surface area contributed by atoms with Gasteiger partial charge < -0.3 is 16.0 Å². The highest BCUT2D eigenvalue weighted by Gasteiger charge is 2.00. The minimum Gasteiger partial charge on any atom is -0.376 e. The van der Waals surface area contributed by atoms with E-state index < -0.39 is 0 Å². The largest absolute Gasteiger partial charge is 0.376 e. The van der Waals surface area contributed by atoms with Crippen LogP contribution in [0.1, 0.15) is 40.5 Å². The maximum atomic E-state index is 5.33. The van der Waals surface area contributed by atoms with E-state index in [1.165, 1.54) is 12.8 Å². The summed E-state index contributed by atoms with van der Waals surface area (Å²) in [6.07, 6.45) is 2.40. The summed E-state index contributed by atoms with van der Waals surface area (Å²) in [5.41, 5.74) is 5.33. The van der Waals surface area contributed by atoms with Crippen LogP contribution in [0.4, 0.5) is 0 Å². The topological polar surface area (TPSA) is 41.3 Å². The molecular formula is C11H27N3S. The molecule has 0 radical (unpaired) electrons. The molecule has 0 aromatic heterocycles. The van der Waals surface area contributed by atoms with Gasteiger partial charge in [0, 0.05) is 13.1 Å². The lowest BCUT2D eigenvalue weighted by Crippen LogP contribution is -2.37. The van der Waals surface area contributed by atoms with Crippen molar-refractivity contribution < 1.29 is 0 Å². The van der Waals surface area contributed by atoms with E-state index in [1.807, 2.05) is 13.8 Å². The van der Waals surface area contributed by atoms with Gasteiger partial charge in [-0.3, -0.25) is 0 Å². The Balaban J connectivity index is 0. The molecule has 0 aromatic carbocycles. The van der Waals surface area contributed by atoms with Crippen LogP contribution in [0.3, 0.4) is 0 Å². The summed E-state index contributed by atoms with van der Waals surface area (Å²) in [6, 6.07) is 0. The summed E-state index contributed by atoms with van der Waals surface area (Å²) in [5.74, 6) is 0. The Kier molecular flexibility index (Phi) is 15.5. The summed E-state index contributed by atoms with van der Waals surface area (Å²) in [6.45, 7) is 12.6. The summed E-state index contributed by atoms with van der Waals surface area (Å²) in [7, 11) is 0. The standard InChI is InChI=1S/C9H21N3S.C2H6/c1-3-6-12(7-4-2)8-5-11-9(10)13;1-2/h3-8H2,1-2H3,(H3,10,11,13);1-2H3. The smallest absolute Gasteiger partial charge is 0.163 e. The average Bonchev–Trinajstić information content (AvgIpc) is 2.21. The van der Waals surface area contributed by atoms with Crippen molar-refractivity contribution in [3.63, 3.8) is 0 Å². The van der Waals surface area contributed by atoms with Crippen molar-refractivity contribution in [2.75, 3.05) is 26.2 Å². The van der Waals surface area contributed by atoms with E-state index in [0.717, 1.165) is 26.2 Å². The third-order valence-electron chi connectivity index (χ3n) is 1.81. The first kappa shape index (κ1) is 17.1. The van der Waals surface area contributed by atoms with E-state index >= 15 is 0 Å². The summed E-state index contributed by atoms with van der Waals surface area (Å²) >= 11 is 4.72. The van der Waals surface area contributed by atoms with Crippen LogP contribution in [0.5, 0.6) is 0 Å². The Bertz CT molecular complexity index is 134. The Morgan fingerprint density at radius 1 is 1.13 bits per heavy atom. The third kappa shape index (κ3) is 13.7. The number of hydrogen-bond acceptors (Lipinski definition) is 2. The molecule has 0 amide bonds. The lowest BCUT2D eigenvalue weighted by molar-refractivity contribution is 0.279. The van der Waals surface area contributed by atoms with E-state index in [4.69, 9.17) is 18.0 Å². The molecule has 92 valence electrons. The van der Waals surface area contributed by atoms with Gasteiger partial charge in [-0.25, -0.2) is 0 Å². The maximum Gasteiger partial charge on any atom is 0.163 e. The molecule has 0 spiro atoms. The lowest BCUT2D eigenvalue weighted by atomic mass is 10.3. The van der Waals surface area contributed by atoms with Gasteiger partial charge in [0.1, 0.15) is 0 Å². The van der Waals surface area contributed by atoms with Crippen molar-refractivity contribution in [3.05, 3.63) is 0 Å². The van der Waals surface area contributed by atoms with Crippen molar-refractivity contribution in [2.24, 2.45) is 5.73 Å². The van der Waals surface area contributed by atoms with E-state index in [0.29, 0.717) is 5.11 Å². The van der Waals surface area contributed by atoms with Crippen molar-refractivity contribution >= 4 is 17.3 Å². The van der Waals surface area contributed by atoms with Crippen molar-refractivity contribution in [3.8, 4) is 0 Å². The monoisotopic (exact) mass is 233 g/mol. The molecule has 0 heterocycles. The number of nitrogens with zero attached hydrogens (tertiary/aromatic N) is 1. The van der Waals surface area contributed by atoms with Gasteiger partial charge >= 0.3 is 0 Å². The fourth-order valence-electron chi connectivity index (χ4n) is 1.31. The number of nitrogens with one attached hydrogen (secondary N) is 1. The van der Waals surface area contributed by atoms with E-state index in [1.54, 1.807) is 0 Å². The van der Waals surface area contributed by atoms with Crippen LogP contribution in [0.15, 0.2) is 0 Å². The van der Waals surface area contributed by atoms with Gasteiger partial charge in [-0.2, -0.15) is 0 Å². The molecule has 0 aliphatic heterocycles. The van der Waals surface area contributed by atoms with Crippen LogP contribution in [-0.2, 0) is 0 Å². The molecule has 3 nitrogen and oxygen atoms in total. The Hall–Kier alpha value is -0.350. The summed E-state index contributed by atoms with van der Waals surface area (Å²) in [5, 5.41) is 3.36. The Morgan fingerprint density at radius 2 is 1.60 bits per heavy atom. The molecule has 15 heavy (non-hydrogen) atoms. The van der Waals surface area contributed by atoms with Gasteiger partial charge in [-0.05, 0) is 38.1 Å². The van der Waals surface area contributed by atoms with Gasteiger partial charge in [0.2, 0.25) is 0 Å². The van der Waals surface area contributed by atoms with E-state index in [-0.39, 0.29) is 0 Å². The molecule has 0 atom stereocenters. The zero-order valence-electron chi connectivity index (χ0n) is 10.7. The highest BCUT2D eigenvalue weighted by atomic mass is 32.1. The Labute approximate surface area is 100 Å². The van der Waals surface area contributed by atoms with Crippen molar-refractivity contribution in [1.29, 1.82) is 0 Å². The van der Waals surface area contributed by atoms with Gasteiger partial charge in [0.25, 0.3) is 0 Å². The second-order valence-electron chi connectivity index (χ2n) is 3.13. The number of thiocarbonyl (C=S) groups is 1. The normalized spacial score (nSPS) is 9.40. The Morgan fingerprint density at radius 3 is 1.93 bits per heavy atom. The molecule has 4 heteroatoms. The number of rotatable bonds is 7. The summed E-state index contributed by atoms with van der Waals surface area (Å²) in [4.78, 5) is 2.42. The molecule has 0 aromatic rings. The van der Waals surface area contributed by atoms with Crippen LogP contribution in [-0.4, -0.2) is 36.2 Å². The molecule has 0 saturated heterocycles. The highest BCUT2D eigenvalue weighted by molar-refractivity contribution is 7.80. The van der Waals surface area contributed by atoms with Gasteiger partial charge in [-0.1, -0.05) is 27.7 Å². The molecular weight excluding hydrogens is 206 g/mol. The molecule has 0 unspecified atom stereocenters. The van der Waals surface area contributed by atoms with Gasteiger partial charge in [0.15, 0.2) is 5.11 Å². The van der Waals surface area contributed by atoms with Gasteiger partial charge in [0.05, 0.1) is 0 Å². The van der Waals surface area contributed by atoms with Crippen LogP contribution >= 0.6 is 12.2 Å². The quantitative estimate of drug-likeness (QED) is 0.660. The number of nitrogens with two attached hydrogens (primary N) is 1. The maximum absolute atomic E-state index is 5.33. The highest BCUT2D eigenvalue weighted by Crippen LogP contribution is 1.92. The molecule has 0 rings (SSSR count). The minimum atomic E-state index is 0.396. The zero-order valence-corrected chi connectivity index (χ0v) is 11.5. The second kappa shape index (κ2) is 13.7. The average molecular weight is 233 g/mol. The van der Waals surface area contributed by atoms with Crippen molar-refractivity contribution in [1.82, 2.24) is 10.2 Å². The van der Waals surface area contributed by atoms with Crippen LogP contribution in [0.2, 0.25) is 0 Å².